The minimum atomic E-state index is -0.551. The number of hydrogen-bond acceptors (Lipinski definition) is 5. The Morgan fingerprint density at radius 3 is 2.57 bits per heavy atom. The van der Waals surface area contributed by atoms with Crippen molar-refractivity contribution in [1.29, 1.82) is 0 Å². The van der Waals surface area contributed by atoms with Gasteiger partial charge in [-0.1, -0.05) is 18.2 Å². The Balaban J connectivity index is 1.76. The van der Waals surface area contributed by atoms with E-state index in [0.29, 0.717) is 36.5 Å². The van der Waals surface area contributed by atoms with Crippen LogP contribution in [0.25, 0.3) is 0 Å². The van der Waals surface area contributed by atoms with Crippen molar-refractivity contribution >= 4 is 34.9 Å². The number of anilines is 1. The van der Waals surface area contributed by atoms with Crippen molar-refractivity contribution in [2.45, 2.75) is 45.8 Å². The lowest BCUT2D eigenvalue weighted by molar-refractivity contribution is -0.116. The van der Waals surface area contributed by atoms with E-state index in [1.165, 1.54) is 16.2 Å². The number of rotatable bonds is 8. The number of benzene rings is 1. The summed E-state index contributed by atoms with van der Waals surface area (Å²) in [5.74, 6) is -0.245. The first-order valence-electron chi connectivity index (χ1n) is 9.78. The van der Waals surface area contributed by atoms with Crippen molar-refractivity contribution in [3.63, 3.8) is 0 Å². The van der Waals surface area contributed by atoms with Gasteiger partial charge in [-0.2, -0.15) is 0 Å². The molecule has 0 saturated heterocycles. The number of carbonyl (C=O) groups excluding carboxylic acids is 3. The predicted molar refractivity (Wildman–Crippen MR) is 119 cm³/mol. The lowest BCUT2D eigenvalue weighted by Gasteiger charge is -2.24. The van der Waals surface area contributed by atoms with Crippen LogP contribution in [0.5, 0.6) is 0 Å². The topological polar surface area (TPSA) is 87.7 Å². The molecule has 0 spiro atoms. The fourth-order valence-electron chi connectivity index (χ4n) is 2.59. The fourth-order valence-corrected chi connectivity index (χ4v) is 3.24. The Labute approximate surface area is 181 Å². The highest BCUT2D eigenvalue weighted by molar-refractivity contribution is 7.12. The maximum atomic E-state index is 12.2. The van der Waals surface area contributed by atoms with Gasteiger partial charge in [0, 0.05) is 32.2 Å². The molecule has 0 aliphatic heterocycles. The molecule has 1 heterocycles. The van der Waals surface area contributed by atoms with E-state index in [-0.39, 0.29) is 11.8 Å². The van der Waals surface area contributed by atoms with E-state index in [2.05, 4.69) is 10.6 Å². The lowest BCUT2D eigenvalue weighted by Crippen LogP contribution is -2.33. The quantitative estimate of drug-likeness (QED) is 0.611. The van der Waals surface area contributed by atoms with Crippen LogP contribution in [0.3, 0.4) is 0 Å². The Kier molecular flexibility index (Phi) is 8.41. The highest BCUT2D eigenvalue weighted by Crippen LogP contribution is 2.15. The van der Waals surface area contributed by atoms with Crippen molar-refractivity contribution in [2.24, 2.45) is 0 Å². The summed E-state index contributed by atoms with van der Waals surface area (Å²) in [6.07, 6.45) is 0.443. The molecule has 0 bridgehead atoms. The first kappa shape index (κ1) is 23.4. The summed E-state index contributed by atoms with van der Waals surface area (Å²) in [6, 6.07) is 10.9. The van der Waals surface area contributed by atoms with E-state index >= 15 is 0 Å². The largest absolute Gasteiger partial charge is 0.444 e. The second-order valence-electron chi connectivity index (χ2n) is 7.92. The second-order valence-corrected chi connectivity index (χ2v) is 8.87. The van der Waals surface area contributed by atoms with Gasteiger partial charge in [0.1, 0.15) is 5.60 Å². The molecule has 8 heteroatoms. The Bertz CT molecular complexity index is 860. The van der Waals surface area contributed by atoms with Crippen LogP contribution < -0.4 is 10.6 Å². The number of thiophene rings is 1. The highest BCUT2D eigenvalue weighted by atomic mass is 32.1. The van der Waals surface area contributed by atoms with Crippen LogP contribution in [0, 0.1) is 0 Å². The van der Waals surface area contributed by atoms with Gasteiger partial charge in [-0.3, -0.25) is 9.59 Å². The molecule has 0 fully saturated rings. The molecule has 0 aliphatic carbocycles. The van der Waals surface area contributed by atoms with E-state index in [0.717, 1.165) is 5.56 Å². The van der Waals surface area contributed by atoms with Gasteiger partial charge in [-0.15, -0.1) is 11.3 Å². The number of hydrogen-bond donors (Lipinski definition) is 2. The van der Waals surface area contributed by atoms with Crippen molar-refractivity contribution in [3.8, 4) is 0 Å². The summed E-state index contributed by atoms with van der Waals surface area (Å²) in [5.41, 5.74) is 0.992. The molecule has 3 amide bonds. The average molecular weight is 432 g/mol. The molecule has 0 atom stereocenters. The first-order valence-corrected chi connectivity index (χ1v) is 10.7. The molecule has 7 nitrogen and oxygen atoms in total. The number of carbonyl (C=O) groups is 3. The monoisotopic (exact) mass is 431 g/mol. The molecule has 162 valence electrons. The Hall–Kier alpha value is -2.87. The molecule has 2 rings (SSSR count). The van der Waals surface area contributed by atoms with Crippen molar-refractivity contribution in [3.05, 3.63) is 52.2 Å². The van der Waals surface area contributed by atoms with Gasteiger partial charge in [0.25, 0.3) is 5.91 Å². The van der Waals surface area contributed by atoms with Crippen LogP contribution in [0.2, 0.25) is 0 Å². The van der Waals surface area contributed by atoms with Gasteiger partial charge in [0.05, 0.1) is 4.88 Å². The number of amides is 3. The molecular formula is C22H29N3O4S. The van der Waals surface area contributed by atoms with Crippen molar-refractivity contribution in [1.82, 2.24) is 10.2 Å². The van der Waals surface area contributed by atoms with E-state index in [1.807, 2.05) is 50.4 Å². The Morgan fingerprint density at radius 2 is 1.90 bits per heavy atom. The summed E-state index contributed by atoms with van der Waals surface area (Å²) in [7, 11) is 1.67. The van der Waals surface area contributed by atoms with Gasteiger partial charge in [-0.05, 0) is 56.3 Å². The zero-order valence-electron chi connectivity index (χ0n) is 17.9. The van der Waals surface area contributed by atoms with Crippen LogP contribution in [-0.2, 0) is 16.1 Å². The molecule has 0 aliphatic rings. The van der Waals surface area contributed by atoms with Gasteiger partial charge in [-0.25, -0.2) is 4.79 Å². The molecule has 1 aromatic carbocycles. The second kappa shape index (κ2) is 10.8. The fraction of sp³-hybridized carbons (Fsp3) is 0.409. The predicted octanol–water partition coefficient (Wildman–Crippen LogP) is 4.26. The van der Waals surface area contributed by atoms with Gasteiger partial charge >= 0.3 is 6.09 Å². The normalized spacial score (nSPS) is 10.9. The summed E-state index contributed by atoms with van der Waals surface area (Å²) < 4.78 is 5.35. The SMILES string of the molecule is CN(Cc1cccc(NC(=O)CCCNC(=O)c2cccs2)c1)C(=O)OC(C)(C)C. The first-order chi connectivity index (χ1) is 14.1. The molecule has 2 N–H and O–H groups in total. The molecule has 0 radical (unpaired) electrons. The van der Waals surface area contributed by atoms with Crippen LogP contribution in [0.1, 0.15) is 48.8 Å². The van der Waals surface area contributed by atoms with Gasteiger partial charge in [0.15, 0.2) is 0 Å². The zero-order chi connectivity index (χ0) is 22.1. The molecule has 0 unspecified atom stereocenters. The number of nitrogens with one attached hydrogen (secondary N) is 2. The number of ether oxygens (including phenoxy) is 1. The van der Waals surface area contributed by atoms with Crippen molar-refractivity contribution in [2.75, 3.05) is 18.9 Å². The molecule has 30 heavy (non-hydrogen) atoms. The Morgan fingerprint density at radius 1 is 1.13 bits per heavy atom. The van der Waals surface area contributed by atoms with Crippen molar-refractivity contribution < 1.29 is 19.1 Å². The van der Waals surface area contributed by atoms with E-state index in [4.69, 9.17) is 4.74 Å². The highest BCUT2D eigenvalue weighted by Gasteiger charge is 2.19. The summed E-state index contributed by atoms with van der Waals surface area (Å²) >= 11 is 1.38. The molecule has 1 aromatic heterocycles. The molecular weight excluding hydrogens is 402 g/mol. The van der Waals surface area contributed by atoms with E-state index in [9.17, 15) is 14.4 Å². The maximum absolute atomic E-state index is 12.2. The number of nitrogens with zero attached hydrogens (tertiary/aromatic N) is 1. The smallest absolute Gasteiger partial charge is 0.410 e. The molecule has 2 aromatic rings. The van der Waals surface area contributed by atoms with Crippen LogP contribution in [0.15, 0.2) is 41.8 Å². The summed E-state index contributed by atoms with van der Waals surface area (Å²) in [6.45, 7) is 6.27. The zero-order valence-corrected chi connectivity index (χ0v) is 18.7. The van der Waals surface area contributed by atoms with Crippen LogP contribution in [0.4, 0.5) is 10.5 Å². The van der Waals surface area contributed by atoms with Crippen LogP contribution >= 0.6 is 11.3 Å². The lowest BCUT2D eigenvalue weighted by atomic mass is 10.2. The minimum absolute atomic E-state index is 0.118. The van der Waals surface area contributed by atoms with Gasteiger partial charge in [0.2, 0.25) is 5.91 Å². The van der Waals surface area contributed by atoms with E-state index < -0.39 is 11.7 Å². The average Bonchev–Trinajstić information content (AvgIpc) is 3.19. The minimum Gasteiger partial charge on any atom is -0.444 e. The van der Waals surface area contributed by atoms with Crippen LogP contribution in [-0.4, -0.2) is 42.0 Å². The maximum Gasteiger partial charge on any atom is 0.410 e. The molecule has 0 saturated carbocycles. The summed E-state index contributed by atoms with van der Waals surface area (Å²) in [4.78, 5) is 38.3. The van der Waals surface area contributed by atoms with Gasteiger partial charge < -0.3 is 20.3 Å². The summed E-state index contributed by atoms with van der Waals surface area (Å²) in [5, 5.41) is 7.51. The van der Waals surface area contributed by atoms with E-state index in [1.54, 1.807) is 19.2 Å². The third-order valence-electron chi connectivity index (χ3n) is 3.95. The third-order valence-corrected chi connectivity index (χ3v) is 4.82. The standard InChI is InChI=1S/C22H29N3O4S/c1-22(2,3)29-21(28)25(4)15-16-8-5-9-17(14-16)24-19(26)11-6-12-23-20(27)18-10-7-13-30-18/h5,7-10,13-14H,6,11-12,15H2,1-4H3,(H,23,27)(H,24,26). The third kappa shape index (κ3) is 8.24.